The van der Waals surface area contributed by atoms with Crippen molar-refractivity contribution in [2.24, 2.45) is 5.14 Å². The van der Waals surface area contributed by atoms with Crippen LogP contribution in [0.4, 0.5) is 5.82 Å². The fourth-order valence-corrected chi connectivity index (χ4v) is 3.07. The van der Waals surface area contributed by atoms with Gasteiger partial charge in [-0.05, 0) is 44.2 Å². The maximum Gasteiger partial charge on any atom is 0.146 e. The fraction of sp³-hybridized carbons (Fsp3) is 0.412. The number of nitrogens with two attached hydrogens (primary N) is 2. The van der Waals surface area contributed by atoms with Gasteiger partial charge in [0.2, 0.25) is 0 Å². The van der Waals surface area contributed by atoms with Gasteiger partial charge in [0.1, 0.15) is 5.82 Å². The molecule has 6 heteroatoms. The van der Waals surface area contributed by atoms with E-state index in [2.05, 4.69) is 17.1 Å². The largest absolute Gasteiger partial charge is 0.382 e. The minimum Gasteiger partial charge on any atom is -0.382 e. The minimum absolute atomic E-state index is 0.158. The van der Waals surface area contributed by atoms with Gasteiger partial charge in [-0.3, -0.25) is 5.14 Å². The quantitative estimate of drug-likeness (QED) is 0.850. The lowest BCUT2D eigenvalue weighted by atomic mass is 9.86. The molecule has 2 atom stereocenters. The predicted molar refractivity (Wildman–Crippen MR) is 95.9 cm³/mol. The Labute approximate surface area is 140 Å². The first-order valence-electron chi connectivity index (χ1n) is 7.70. The van der Waals surface area contributed by atoms with E-state index in [1.54, 1.807) is 0 Å². The first-order chi connectivity index (χ1) is 10.8. The Morgan fingerprint density at radius 1 is 1.22 bits per heavy atom. The second-order valence-corrected chi connectivity index (χ2v) is 8.01. The van der Waals surface area contributed by atoms with Gasteiger partial charge in [-0.1, -0.05) is 37.3 Å². The van der Waals surface area contributed by atoms with Crippen LogP contribution < -0.4 is 10.9 Å². The number of hydrogen-bond donors (Lipinski definition) is 2. The Morgan fingerprint density at radius 2 is 1.87 bits per heavy atom. The lowest BCUT2D eigenvalue weighted by Crippen LogP contribution is -2.33. The lowest BCUT2D eigenvalue weighted by Gasteiger charge is -2.28. The van der Waals surface area contributed by atoms with Crippen molar-refractivity contribution in [1.29, 1.82) is 0 Å². The SMILES string of the molecule is CC[C@H](CC(C)(C)S(N)=O)c1cc(N)nnc1-c1ccccc1. The Morgan fingerprint density at radius 3 is 2.43 bits per heavy atom. The van der Waals surface area contributed by atoms with Crippen molar-refractivity contribution >= 4 is 16.8 Å². The molecule has 124 valence electrons. The molecular formula is C17H24N4OS. The summed E-state index contributed by atoms with van der Waals surface area (Å²) in [4.78, 5) is 0. The average molecular weight is 332 g/mol. The molecule has 1 heterocycles. The summed E-state index contributed by atoms with van der Waals surface area (Å²) in [6.45, 7) is 5.95. The second-order valence-electron chi connectivity index (χ2n) is 6.31. The van der Waals surface area contributed by atoms with Crippen LogP contribution in [-0.2, 0) is 11.0 Å². The van der Waals surface area contributed by atoms with E-state index in [4.69, 9.17) is 10.9 Å². The van der Waals surface area contributed by atoms with E-state index in [0.717, 1.165) is 23.2 Å². The van der Waals surface area contributed by atoms with E-state index in [0.29, 0.717) is 12.2 Å². The molecule has 0 spiro atoms. The standard InChI is InChI=1S/C17H24N4OS/c1-4-12(11-17(2,3)23(19)22)14-10-15(18)20-21-16(14)13-8-6-5-7-9-13/h5-10,12H,4,11,19H2,1-3H3,(H2,18,20)/t12-,23?/m1/s1. The van der Waals surface area contributed by atoms with Crippen LogP contribution in [0.3, 0.4) is 0 Å². The monoisotopic (exact) mass is 332 g/mol. The molecule has 0 saturated carbocycles. The minimum atomic E-state index is -1.40. The van der Waals surface area contributed by atoms with Crippen LogP contribution in [0.5, 0.6) is 0 Å². The van der Waals surface area contributed by atoms with Gasteiger partial charge in [0.15, 0.2) is 0 Å². The van der Waals surface area contributed by atoms with Crippen molar-refractivity contribution in [3.05, 3.63) is 42.0 Å². The molecule has 0 amide bonds. The van der Waals surface area contributed by atoms with Crippen LogP contribution >= 0.6 is 0 Å². The zero-order valence-corrected chi connectivity index (χ0v) is 14.6. The number of nitrogen functional groups attached to an aromatic ring is 1. The normalized spacial score (nSPS) is 14.4. The van der Waals surface area contributed by atoms with Crippen LogP contribution in [0.1, 0.15) is 45.1 Å². The van der Waals surface area contributed by atoms with Crippen molar-refractivity contribution in [2.75, 3.05) is 5.73 Å². The summed E-state index contributed by atoms with van der Waals surface area (Å²) in [6.07, 6.45) is 1.57. The van der Waals surface area contributed by atoms with Gasteiger partial charge in [0.05, 0.1) is 21.4 Å². The fourth-order valence-electron chi connectivity index (χ4n) is 2.70. The third-order valence-electron chi connectivity index (χ3n) is 4.10. The topological polar surface area (TPSA) is 94.9 Å². The van der Waals surface area contributed by atoms with E-state index >= 15 is 0 Å². The zero-order chi connectivity index (χ0) is 17.0. The van der Waals surface area contributed by atoms with Gasteiger partial charge in [-0.2, -0.15) is 0 Å². The van der Waals surface area contributed by atoms with Crippen LogP contribution in [0.25, 0.3) is 11.3 Å². The van der Waals surface area contributed by atoms with Gasteiger partial charge in [0.25, 0.3) is 0 Å². The van der Waals surface area contributed by atoms with Crippen LogP contribution in [-0.4, -0.2) is 19.2 Å². The predicted octanol–water partition coefficient (Wildman–Crippen LogP) is 3.01. The highest BCUT2D eigenvalue weighted by atomic mass is 32.2. The van der Waals surface area contributed by atoms with Crippen LogP contribution in [0.2, 0.25) is 0 Å². The third kappa shape index (κ3) is 4.14. The molecule has 1 aromatic carbocycles. The van der Waals surface area contributed by atoms with E-state index in [-0.39, 0.29) is 5.92 Å². The van der Waals surface area contributed by atoms with Crippen molar-refractivity contribution in [3.8, 4) is 11.3 Å². The molecule has 0 aliphatic heterocycles. The maximum atomic E-state index is 11.8. The first kappa shape index (κ1) is 17.6. The number of anilines is 1. The molecule has 1 aromatic heterocycles. The smallest absolute Gasteiger partial charge is 0.146 e. The molecule has 23 heavy (non-hydrogen) atoms. The highest BCUT2D eigenvalue weighted by Crippen LogP contribution is 2.36. The van der Waals surface area contributed by atoms with Gasteiger partial charge < -0.3 is 5.73 Å². The van der Waals surface area contributed by atoms with Crippen molar-refractivity contribution in [3.63, 3.8) is 0 Å². The molecule has 5 nitrogen and oxygen atoms in total. The number of hydrogen-bond acceptors (Lipinski definition) is 4. The van der Waals surface area contributed by atoms with Crippen molar-refractivity contribution in [2.45, 2.75) is 44.3 Å². The first-order valence-corrected chi connectivity index (χ1v) is 8.91. The molecule has 0 bridgehead atoms. The molecular weight excluding hydrogens is 308 g/mol. The van der Waals surface area contributed by atoms with E-state index < -0.39 is 15.7 Å². The Hall–Kier alpha value is -1.79. The lowest BCUT2D eigenvalue weighted by molar-refractivity contribution is 0.507. The maximum absolute atomic E-state index is 11.8. The van der Waals surface area contributed by atoms with Crippen LogP contribution in [0.15, 0.2) is 36.4 Å². The average Bonchev–Trinajstić information content (AvgIpc) is 2.53. The summed E-state index contributed by atoms with van der Waals surface area (Å²) < 4.78 is 11.3. The van der Waals surface area contributed by atoms with E-state index in [1.165, 1.54) is 0 Å². The Kier molecular flexibility index (Phi) is 5.49. The molecule has 2 aromatic rings. The number of rotatable bonds is 6. The number of aromatic nitrogens is 2. The number of benzene rings is 1. The van der Waals surface area contributed by atoms with Gasteiger partial charge in [-0.25, -0.2) is 4.21 Å². The summed E-state index contributed by atoms with van der Waals surface area (Å²) in [5.41, 5.74) is 8.72. The van der Waals surface area contributed by atoms with Gasteiger partial charge >= 0.3 is 0 Å². The molecule has 0 fully saturated rings. The van der Waals surface area contributed by atoms with Gasteiger partial charge in [0, 0.05) is 5.56 Å². The summed E-state index contributed by atoms with van der Waals surface area (Å²) >= 11 is 0. The molecule has 2 rings (SSSR count). The summed E-state index contributed by atoms with van der Waals surface area (Å²) in [7, 11) is -1.40. The highest BCUT2D eigenvalue weighted by molar-refractivity contribution is 7.84. The molecule has 0 radical (unpaired) electrons. The van der Waals surface area contributed by atoms with E-state index in [9.17, 15) is 4.21 Å². The summed E-state index contributed by atoms with van der Waals surface area (Å²) in [6, 6.07) is 11.8. The number of nitrogens with zero attached hydrogens (tertiary/aromatic N) is 2. The van der Waals surface area contributed by atoms with E-state index in [1.807, 2.05) is 50.2 Å². The van der Waals surface area contributed by atoms with Crippen molar-refractivity contribution < 1.29 is 4.21 Å². The van der Waals surface area contributed by atoms with Crippen molar-refractivity contribution in [1.82, 2.24) is 10.2 Å². The molecule has 4 N–H and O–H groups in total. The zero-order valence-electron chi connectivity index (χ0n) is 13.8. The third-order valence-corrected chi connectivity index (χ3v) is 5.36. The molecule has 0 aliphatic carbocycles. The molecule has 1 unspecified atom stereocenters. The summed E-state index contributed by atoms with van der Waals surface area (Å²) in [5, 5.41) is 14.0. The van der Waals surface area contributed by atoms with Gasteiger partial charge in [-0.15, -0.1) is 10.2 Å². The molecule has 0 saturated heterocycles. The summed E-state index contributed by atoms with van der Waals surface area (Å²) in [5.74, 6) is 0.551. The highest BCUT2D eigenvalue weighted by Gasteiger charge is 2.29. The van der Waals surface area contributed by atoms with Crippen LogP contribution in [0, 0.1) is 0 Å². The second kappa shape index (κ2) is 7.19. The molecule has 0 aliphatic rings. The Bertz CT molecular complexity index is 688. The Balaban J connectivity index is 2.48.